The van der Waals surface area contributed by atoms with Crippen molar-refractivity contribution in [1.29, 1.82) is 0 Å². The Morgan fingerprint density at radius 2 is 2.26 bits per heavy atom. The lowest BCUT2D eigenvalue weighted by molar-refractivity contribution is 0.803. The molecular formula is C10H14ClN7O. The molecule has 2 aromatic heterocycles. The zero-order valence-corrected chi connectivity index (χ0v) is 11.1. The largest absolute Gasteiger partial charge is 0.383 e. The maximum absolute atomic E-state index is 10.8. The molecule has 0 aromatic carbocycles. The first-order valence-corrected chi connectivity index (χ1v) is 6.14. The number of aromatic amines is 2. The van der Waals surface area contributed by atoms with Crippen LogP contribution in [-0.4, -0.2) is 38.7 Å². The average molecular weight is 284 g/mol. The van der Waals surface area contributed by atoms with Crippen molar-refractivity contribution >= 4 is 23.1 Å². The topological polar surface area (TPSA) is 111 Å². The molecule has 0 radical (unpaired) electrons. The lowest BCUT2D eigenvalue weighted by Crippen LogP contribution is -2.08. The van der Waals surface area contributed by atoms with E-state index in [1.54, 1.807) is 7.05 Å². The van der Waals surface area contributed by atoms with Crippen LogP contribution in [0.15, 0.2) is 11.1 Å². The Morgan fingerprint density at radius 1 is 1.42 bits per heavy atom. The molecule has 2 rings (SSSR count). The van der Waals surface area contributed by atoms with Crippen LogP contribution in [-0.2, 0) is 6.42 Å². The van der Waals surface area contributed by atoms with Crippen LogP contribution in [0, 0.1) is 0 Å². The number of aryl methyl sites for hydroxylation is 1. The molecule has 102 valence electrons. The van der Waals surface area contributed by atoms with Gasteiger partial charge >= 0.3 is 5.69 Å². The zero-order valence-electron chi connectivity index (χ0n) is 10.3. The van der Waals surface area contributed by atoms with Gasteiger partial charge in [-0.3, -0.25) is 4.98 Å². The van der Waals surface area contributed by atoms with Crippen LogP contribution in [0.2, 0.25) is 5.15 Å². The van der Waals surface area contributed by atoms with Gasteiger partial charge in [-0.1, -0.05) is 11.6 Å². The van der Waals surface area contributed by atoms with Gasteiger partial charge in [-0.25, -0.2) is 19.9 Å². The van der Waals surface area contributed by atoms with E-state index in [4.69, 9.17) is 11.6 Å². The maximum atomic E-state index is 10.8. The molecule has 0 aliphatic heterocycles. The molecular weight excluding hydrogens is 270 g/mol. The predicted octanol–water partition coefficient (Wildman–Crippen LogP) is 0.628. The third kappa shape index (κ3) is 3.44. The minimum absolute atomic E-state index is 0.289. The van der Waals surface area contributed by atoms with Crippen molar-refractivity contribution in [3.63, 3.8) is 0 Å². The summed E-state index contributed by atoms with van der Waals surface area (Å²) in [5, 5.41) is 12.6. The Balaban J connectivity index is 1.86. The number of rotatable bonds is 6. The summed E-state index contributed by atoms with van der Waals surface area (Å²) in [6, 6.07) is 0. The van der Waals surface area contributed by atoms with Crippen LogP contribution in [0.25, 0.3) is 0 Å². The van der Waals surface area contributed by atoms with Gasteiger partial charge in [0.05, 0.1) is 0 Å². The normalized spacial score (nSPS) is 10.4. The quantitative estimate of drug-likeness (QED) is 0.457. The fourth-order valence-corrected chi connectivity index (χ4v) is 1.83. The molecule has 0 amide bonds. The van der Waals surface area contributed by atoms with Gasteiger partial charge in [0.25, 0.3) is 0 Å². The van der Waals surface area contributed by atoms with Crippen molar-refractivity contribution in [2.45, 2.75) is 12.8 Å². The molecule has 9 heteroatoms. The molecule has 8 nitrogen and oxygen atoms in total. The van der Waals surface area contributed by atoms with Crippen LogP contribution < -0.4 is 16.3 Å². The van der Waals surface area contributed by atoms with E-state index in [9.17, 15) is 4.79 Å². The average Bonchev–Trinajstić information content (AvgIpc) is 2.81. The summed E-state index contributed by atoms with van der Waals surface area (Å²) in [4.78, 5) is 21.4. The van der Waals surface area contributed by atoms with E-state index in [-0.39, 0.29) is 5.69 Å². The maximum Gasteiger partial charge on any atom is 0.340 e. The smallest absolute Gasteiger partial charge is 0.340 e. The summed E-state index contributed by atoms with van der Waals surface area (Å²) >= 11 is 5.93. The van der Waals surface area contributed by atoms with Gasteiger partial charge in [0, 0.05) is 20.0 Å². The molecule has 0 aliphatic carbocycles. The number of hydrogen-bond donors (Lipinski definition) is 4. The Morgan fingerprint density at radius 3 is 2.95 bits per heavy atom. The lowest BCUT2D eigenvalue weighted by atomic mass is 10.3. The monoisotopic (exact) mass is 283 g/mol. The van der Waals surface area contributed by atoms with Crippen molar-refractivity contribution in [2.24, 2.45) is 0 Å². The third-order valence-electron chi connectivity index (χ3n) is 2.48. The Bertz CT molecular complexity index is 594. The molecule has 2 aromatic rings. The summed E-state index contributed by atoms with van der Waals surface area (Å²) in [5.41, 5.74) is 0.375. The number of hydrogen-bond acceptors (Lipinski definition) is 6. The Hall–Kier alpha value is -2.09. The van der Waals surface area contributed by atoms with Crippen LogP contribution in [0.4, 0.5) is 11.5 Å². The molecule has 0 saturated heterocycles. The van der Waals surface area contributed by atoms with E-state index in [1.165, 1.54) is 6.33 Å². The van der Waals surface area contributed by atoms with E-state index in [0.29, 0.717) is 35.4 Å². The summed E-state index contributed by atoms with van der Waals surface area (Å²) in [6.07, 6.45) is 2.86. The minimum atomic E-state index is -0.289. The fourth-order valence-electron chi connectivity index (χ4n) is 1.61. The molecule has 0 saturated carbocycles. The zero-order chi connectivity index (χ0) is 13.7. The van der Waals surface area contributed by atoms with E-state index < -0.39 is 0 Å². The molecule has 0 unspecified atom stereocenters. The van der Waals surface area contributed by atoms with Crippen molar-refractivity contribution in [1.82, 2.24) is 25.1 Å². The van der Waals surface area contributed by atoms with E-state index in [2.05, 4.69) is 35.8 Å². The highest BCUT2D eigenvalue weighted by Gasteiger charge is 2.07. The predicted molar refractivity (Wildman–Crippen MR) is 72.6 cm³/mol. The molecule has 0 bridgehead atoms. The standard InChI is InChI=1S/C10H14ClN7O/c1-12-7-8(11)14-5-15-9(7)13-4-2-3-6-16-10(19)18-17-6/h5,12H,2-4H2,1H3,(H,13,14,15)(H2,16,17,18,19). The molecule has 19 heavy (non-hydrogen) atoms. The molecule has 0 fully saturated rings. The molecule has 4 N–H and O–H groups in total. The fraction of sp³-hybridized carbons (Fsp3) is 0.400. The van der Waals surface area contributed by atoms with Gasteiger partial charge in [-0.15, -0.1) is 0 Å². The molecule has 0 atom stereocenters. The second-order valence-electron chi connectivity index (χ2n) is 3.79. The first kappa shape index (κ1) is 13.3. The lowest BCUT2D eigenvalue weighted by Gasteiger charge is -2.10. The number of nitrogens with zero attached hydrogens (tertiary/aromatic N) is 3. The number of H-pyrrole nitrogens is 2. The second kappa shape index (κ2) is 6.19. The van der Waals surface area contributed by atoms with Crippen molar-refractivity contribution < 1.29 is 0 Å². The van der Waals surface area contributed by atoms with Gasteiger partial charge in [0.2, 0.25) is 0 Å². The van der Waals surface area contributed by atoms with E-state index in [0.717, 1.165) is 6.42 Å². The molecule has 0 spiro atoms. The Kier molecular flexibility index (Phi) is 4.35. The first-order valence-electron chi connectivity index (χ1n) is 5.76. The molecule has 0 aliphatic rings. The van der Waals surface area contributed by atoms with Crippen LogP contribution in [0.5, 0.6) is 0 Å². The van der Waals surface area contributed by atoms with Gasteiger partial charge in [-0.05, 0) is 6.42 Å². The number of halogens is 1. The third-order valence-corrected chi connectivity index (χ3v) is 2.77. The SMILES string of the molecule is CNc1c(Cl)ncnc1NCCCc1n[nH]c(=O)[nH]1. The van der Waals surface area contributed by atoms with E-state index >= 15 is 0 Å². The van der Waals surface area contributed by atoms with Crippen molar-refractivity contribution in [3.8, 4) is 0 Å². The van der Waals surface area contributed by atoms with Crippen LogP contribution in [0.3, 0.4) is 0 Å². The summed E-state index contributed by atoms with van der Waals surface area (Å²) in [7, 11) is 1.75. The molecule has 2 heterocycles. The number of nitrogens with one attached hydrogen (secondary N) is 4. The number of aromatic nitrogens is 5. The van der Waals surface area contributed by atoms with Gasteiger partial charge < -0.3 is 10.6 Å². The van der Waals surface area contributed by atoms with E-state index in [1.807, 2.05) is 0 Å². The number of anilines is 2. The highest BCUT2D eigenvalue weighted by Crippen LogP contribution is 2.25. The Labute approximate surface area is 114 Å². The summed E-state index contributed by atoms with van der Waals surface area (Å²) < 4.78 is 0. The van der Waals surface area contributed by atoms with Crippen LogP contribution >= 0.6 is 11.6 Å². The van der Waals surface area contributed by atoms with Crippen LogP contribution in [0.1, 0.15) is 12.2 Å². The van der Waals surface area contributed by atoms with Gasteiger partial charge in [0.1, 0.15) is 17.8 Å². The van der Waals surface area contributed by atoms with Gasteiger partial charge in [0.15, 0.2) is 11.0 Å². The summed E-state index contributed by atoms with van der Waals surface area (Å²) in [6.45, 7) is 0.677. The minimum Gasteiger partial charge on any atom is -0.383 e. The van der Waals surface area contributed by atoms with Crippen molar-refractivity contribution in [2.75, 3.05) is 24.2 Å². The second-order valence-corrected chi connectivity index (χ2v) is 4.15. The van der Waals surface area contributed by atoms with Crippen molar-refractivity contribution in [3.05, 3.63) is 27.8 Å². The summed E-state index contributed by atoms with van der Waals surface area (Å²) in [5.74, 6) is 1.29. The van der Waals surface area contributed by atoms with Gasteiger partial charge in [-0.2, -0.15) is 5.10 Å². The highest BCUT2D eigenvalue weighted by molar-refractivity contribution is 6.32. The highest BCUT2D eigenvalue weighted by atomic mass is 35.5. The first-order chi connectivity index (χ1) is 9.20.